The molecule has 2 amide bonds. The molecule has 134 valence electrons. The summed E-state index contributed by atoms with van der Waals surface area (Å²) in [6, 6.07) is 11.5. The average Bonchev–Trinajstić information content (AvgIpc) is 2.82. The second-order valence-electron chi connectivity index (χ2n) is 6.46. The van der Waals surface area contributed by atoms with Crippen LogP contribution in [0.1, 0.15) is 30.0 Å². The molecule has 1 aliphatic heterocycles. The Morgan fingerprint density at radius 2 is 1.69 bits per heavy atom. The van der Waals surface area contributed by atoms with Gasteiger partial charge in [0.25, 0.3) is 11.8 Å². The van der Waals surface area contributed by atoms with Gasteiger partial charge in [-0.2, -0.15) is 0 Å². The number of nitrogens with one attached hydrogen (secondary N) is 1. The van der Waals surface area contributed by atoms with Crippen LogP contribution in [0.25, 0.3) is 5.57 Å². The number of aryl methyl sites for hydroxylation is 2. The number of rotatable bonds is 5. The van der Waals surface area contributed by atoms with E-state index in [0.29, 0.717) is 24.2 Å². The maximum Gasteiger partial charge on any atom is 0.278 e. The fourth-order valence-corrected chi connectivity index (χ4v) is 3.14. The van der Waals surface area contributed by atoms with Crippen LogP contribution in [-0.4, -0.2) is 23.3 Å². The van der Waals surface area contributed by atoms with Crippen molar-refractivity contribution >= 4 is 23.1 Å². The molecule has 0 bridgehead atoms. The first kappa shape index (κ1) is 17.9. The standard InChI is InChI=1S/C21H21FN2O2/c1-4-11-24-20(25)18(17-10-5-13(2)12-14(17)3)19(21(24)26)23-16-8-6-15(22)7-9-16/h5-10,12,23H,4,11H2,1-3H3. The minimum atomic E-state index is -0.361. The van der Waals surface area contributed by atoms with Crippen molar-refractivity contribution in [2.45, 2.75) is 27.2 Å². The third kappa shape index (κ3) is 3.25. The molecule has 26 heavy (non-hydrogen) atoms. The van der Waals surface area contributed by atoms with Crippen LogP contribution in [0.4, 0.5) is 10.1 Å². The lowest BCUT2D eigenvalue weighted by atomic mass is 9.97. The topological polar surface area (TPSA) is 49.4 Å². The molecule has 2 aromatic carbocycles. The van der Waals surface area contributed by atoms with Gasteiger partial charge in [-0.15, -0.1) is 0 Å². The highest BCUT2D eigenvalue weighted by molar-refractivity contribution is 6.36. The SMILES string of the molecule is CCCN1C(=O)C(Nc2ccc(F)cc2)=C(c2ccc(C)cc2C)C1=O. The van der Waals surface area contributed by atoms with E-state index in [-0.39, 0.29) is 23.3 Å². The summed E-state index contributed by atoms with van der Waals surface area (Å²) in [5.41, 5.74) is 3.91. The van der Waals surface area contributed by atoms with Crippen molar-refractivity contribution in [3.63, 3.8) is 0 Å². The normalized spacial score (nSPS) is 14.4. The first-order chi connectivity index (χ1) is 12.4. The lowest BCUT2D eigenvalue weighted by Gasteiger charge is -2.14. The van der Waals surface area contributed by atoms with Gasteiger partial charge in [0.15, 0.2) is 0 Å². The van der Waals surface area contributed by atoms with Crippen LogP contribution in [0.2, 0.25) is 0 Å². The van der Waals surface area contributed by atoms with Crippen molar-refractivity contribution in [2.24, 2.45) is 0 Å². The second kappa shape index (κ2) is 7.12. The molecule has 4 nitrogen and oxygen atoms in total. The Balaban J connectivity index is 2.10. The largest absolute Gasteiger partial charge is 0.350 e. The molecule has 0 aliphatic carbocycles. The molecule has 1 aliphatic rings. The van der Waals surface area contributed by atoms with Crippen molar-refractivity contribution in [1.82, 2.24) is 4.90 Å². The summed E-state index contributed by atoms with van der Waals surface area (Å²) in [4.78, 5) is 27.1. The molecule has 0 radical (unpaired) electrons. The lowest BCUT2D eigenvalue weighted by molar-refractivity contribution is -0.136. The fraction of sp³-hybridized carbons (Fsp3) is 0.238. The summed E-state index contributed by atoms with van der Waals surface area (Å²) >= 11 is 0. The van der Waals surface area contributed by atoms with E-state index in [9.17, 15) is 14.0 Å². The Kier molecular flexibility index (Phi) is 4.89. The summed E-state index contributed by atoms with van der Waals surface area (Å²) in [5, 5.41) is 3.03. The van der Waals surface area contributed by atoms with Gasteiger partial charge >= 0.3 is 0 Å². The van der Waals surface area contributed by atoms with Gasteiger partial charge in [0.05, 0.1) is 5.57 Å². The van der Waals surface area contributed by atoms with E-state index in [4.69, 9.17) is 0 Å². The summed E-state index contributed by atoms with van der Waals surface area (Å²) in [6.45, 7) is 6.18. The molecule has 0 fully saturated rings. The zero-order valence-electron chi connectivity index (χ0n) is 15.1. The van der Waals surface area contributed by atoms with Gasteiger partial charge in [0.2, 0.25) is 0 Å². The second-order valence-corrected chi connectivity index (χ2v) is 6.46. The number of halogens is 1. The van der Waals surface area contributed by atoms with E-state index in [2.05, 4.69) is 5.32 Å². The highest BCUT2D eigenvalue weighted by Crippen LogP contribution is 2.32. The van der Waals surface area contributed by atoms with E-state index < -0.39 is 0 Å². The Bertz CT molecular complexity index is 901. The number of nitrogens with zero attached hydrogens (tertiary/aromatic N) is 1. The van der Waals surface area contributed by atoms with Gasteiger partial charge in [0, 0.05) is 12.2 Å². The third-order valence-corrected chi connectivity index (χ3v) is 4.38. The maximum absolute atomic E-state index is 13.2. The molecule has 0 saturated heterocycles. The molecule has 1 N–H and O–H groups in total. The van der Waals surface area contributed by atoms with Crippen LogP contribution >= 0.6 is 0 Å². The molecule has 1 heterocycles. The zero-order chi connectivity index (χ0) is 18.8. The number of imide groups is 1. The quantitative estimate of drug-likeness (QED) is 0.826. The fourth-order valence-electron chi connectivity index (χ4n) is 3.14. The van der Waals surface area contributed by atoms with Gasteiger partial charge in [-0.25, -0.2) is 4.39 Å². The molecule has 0 atom stereocenters. The van der Waals surface area contributed by atoms with Crippen LogP contribution in [0, 0.1) is 19.7 Å². The van der Waals surface area contributed by atoms with E-state index in [0.717, 1.165) is 16.7 Å². The predicted molar refractivity (Wildman–Crippen MR) is 99.9 cm³/mol. The van der Waals surface area contributed by atoms with Gasteiger partial charge < -0.3 is 5.32 Å². The molecule has 3 rings (SSSR count). The molecule has 0 aromatic heterocycles. The highest BCUT2D eigenvalue weighted by Gasteiger charge is 2.39. The van der Waals surface area contributed by atoms with Gasteiger partial charge in [-0.1, -0.05) is 30.7 Å². The van der Waals surface area contributed by atoms with Crippen LogP contribution in [0.5, 0.6) is 0 Å². The summed E-state index contributed by atoms with van der Waals surface area (Å²) in [7, 11) is 0. The third-order valence-electron chi connectivity index (χ3n) is 4.38. The van der Waals surface area contributed by atoms with Crippen molar-refractivity contribution in [3.8, 4) is 0 Å². The highest BCUT2D eigenvalue weighted by atomic mass is 19.1. The minimum Gasteiger partial charge on any atom is -0.350 e. The van der Waals surface area contributed by atoms with Crippen molar-refractivity contribution in [2.75, 3.05) is 11.9 Å². The van der Waals surface area contributed by atoms with Crippen molar-refractivity contribution in [3.05, 3.63) is 70.7 Å². The van der Waals surface area contributed by atoms with Crippen molar-refractivity contribution < 1.29 is 14.0 Å². The number of hydrogen-bond donors (Lipinski definition) is 1. The van der Waals surface area contributed by atoms with Crippen LogP contribution in [0.15, 0.2) is 48.2 Å². The monoisotopic (exact) mass is 352 g/mol. The van der Waals surface area contributed by atoms with E-state index in [1.54, 1.807) is 12.1 Å². The Hall–Kier alpha value is -2.95. The van der Waals surface area contributed by atoms with Gasteiger partial charge in [-0.05, 0) is 55.7 Å². The molecule has 0 saturated carbocycles. The predicted octanol–water partition coefficient (Wildman–Crippen LogP) is 4.04. The number of carbonyl (C=O) groups excluding carboxylic acids is 2. The van der Waals surface area contributed by atoms with Crippen LogP contribution < -0.4 is 5.32 Å². The summed E-state index contributed by atoms with van der Waals surface area (Å²) in [5.74, 6) is -1.01. The van der Waals surface area contributed by atoms with Gasteiger partial charge in [-0.3, -0.25) is 14.5 Å². The molecule has 0 unspecified atom stereocenters. The Morgan fingerprint density at radius 1 is 1.00 bits per heavy atom. The summed E-state index contributed by atoms with van der Waals surface area (Å²) in [6.07, 6.45) is 0.682. The molecular formula is C21H21FN2O2. The molecule has 5 heteroatoms. The maximum atomic E-state index is 13.2. The average molecular weight is 352 g/mol. The smallest absolute Gasteiger partial charge is 0.278 e. The first-order valence-electron chi connectivity index (χ1n) is 8.63. The van der Waals surface area contributed by atoms with E-state index >= 15 is 0 Å². The number of benzene rings is 2. The Labute approximate surface area is 152 Å². The van der Waals surface area contributed by atoms with Crippen LogP contribution in [0.3, 0.4) is 0 Å². The minimum absolute atomic E-state index is 0.238. The van der Waals surface area contributed by atoms with Crippen LogP contribution in [-0.2, 0) is 9.59 Å². The lowest BCUT2D eigenvalue weighted by Crippen LogP contribution is -2.33. The molecule has 2 aromatic rings. The van der Waals surface area contributed by atoms with Crippen molar-refractivity contribution in [1.29, 1.82) is 0 Å². The number of amides is 2. The van der Waals surface area contributed by atoms with E-state index in [1.807, 2.05) is 39.0 Å². The summed E-state index contributed by atoms with van der Waals surface area (Å²) < 4.78 is 13.2. The van der Waals surface area contributed by atoms with Gasteiger partial charge in [0.1, 0.15) is 11.5 Å². The number of hydrogen-bond acceptors (Lipinski definition) is 3. The van der Waals surface area contributed by atoms with E-state index in [1.165, 1.54) is 17.0 Å². The first-order valence-corrected chi connectivity index (χ1v) is 8.63. The molecule has 0 spiro atoms. The Morgan fingerprint density at radius 3 is 2.31 bits per heavy atom. The number of carbonyl (C=O) groups is 2. The zero-order valence-corrected chi connectivity index (χ0v) is 15.1. The number of anilines is 1. The molecular weight excluding hydrogens is 331 g/mol.